The molecule has 0 spiro atoms. The summed E-state index contributed by atoms with van der Waals surface area (Å²) in [7, 11) is 0. The molecule has 1 fully saturated rings. The number of nitrogens with zero attached hydrogens (tertiary/aromatic N) is 5. The van der Waals surface area contributed by atoms with Crippen LogP contribution in [0.15, 0.2) is 30.6 Å². The van der Waals surface area contributed by atoms with E-state index >= 15 is 0 Å². The van der Waals surface area contributed by atoms with Gasteiger partial charge in [-0.25, -0.2) is 9.50 Å². The van der Waals surface area contributed by atoms with Gasteiger partial charge in [-0.3, -0.25) is 9.69 Å². The Balaban J connectivity index is 1.34. The molecule has 1 N–H and O–H groups in total. The monoisotopic (exact) mass is 406 g/mol. The second kappa shape index (κ2) is 9.34. The molecule has 7 heteroatoms. The summed E-state index contributed by atoms with van der Waals surface area (Å²) in [6.45, 7) is 7.84. The summed E-state index contributed by atoms with van der Waals surface area (Å²) in [6.07, 6.45) is 6.48. The molecule has 1 saturated heterocycles. The van der Waals surface area contributed by atoms with Crippen LogP contribution in [0.4, 0.5) is 0 Å². The van der Waals surface area contributed by atoms with Gasteiger partial charge in [-0.2, -0.15) is 10.1 Å². The first-order chi connectivity index (χ1) is 14.6. The Bertz CT molecular complexity index is 1020. The Morgan fingerprint density at radius 2 is 1.87 bits per heavy atom. The van der Waals surface area contributed by atoms with Crippen molar-refractivity contribution in [2.24, 2.45) is 0 Å². The van der Waals surface area contributed by atoms with Gasteiger partial charge in [0, 0.05) is 30.9 Å². The van der Waals surface area contributed by atoms with Crippen LogP contribution in [0.5, 0.6) is 0 Å². The Morgan fingerprint density at radius 1 is 1.10 bits per heavy atom. The number of likely N-dealkylation sites (tertiary alicyclic amines) is 1. The first kappa shape index (κ1) is 20.5. The van der Waals surface area contributed by atoms with Gasteiger partial charge in [-0.05, 0) is 62.9 Å². The van der Waals surface area contributed by atoms with Crippen LogP contribution in [0.1, 0.15) is 53.8 Å². The van der Waals surface area contributed by atoms with Crippen molar-refractivity contribution in [3.63, 3.8) is 0 Å². The first-order valence-electron chi connectivity index (χ1n) is 10.8. The minimum atomic E-state index is 0.0558. The summed E-state index contributed by atoms with van der Waals surface area (Å²) >= 11 is 0. The first-order valence-corrected chi connectivity index (χ1v) is 10.8. The summed E-state index contributed by atoms with van der Waals surface area (Å²) < 4.78 is 1.73. The van der Waals surface area contributed by atoms with E-state index in [1.54, 1.807) is 4.52 Å². The highest BCUT2D eigenvalue weighted by molar-refractivity contribution is 5.76. The number of piperidine rings is 1. The van der Waals surface area contributed by atoms with Crippen molar-refractivity contribution in [3.8, 4) is 0 Å². The minimum Gasteiger partial charge on any atom is -0.352 e. The average molecular weight is 407 g/mol. The molecule has 2 aromatic heterocycles. The lowest BCUT2D eigenvalue weighted by Gasteiger charge is -2.27. The third-order valence-electron chi connectivity index (χ3n) is 6.03. The molecule has 0 atom stereocenters. The predicted octanol–water partition coefficient (Wildman–Crippen LogP) is 2.98. The van der Waals surface area contributed by atoms with E-state index in [0.717, 1.165) is 23.5 Å². The number of carbonyl (C=O) groups is 1. The smallest absolute Gasteiger partial charge is 0.252 e. The summed E-state index contributed by atoms with van der Waals surface area (Å²) in [5.41, 5.74) is 5.48. The van der Waals surface area contributed by atoms with Gasteiger partial charge < -0.3 is 5.32 Å². The second-order valence-electron chi connectivity index (χ2n) is 8.12. The van der Waals surface area contributed by atoms with E-state index in [1.165, 1.54) is 49.8 Å². The van der Waals surface area contributed by atoms with Gasteiger partial charge in [0.25, 0.3) is 5.78 Å². The number of aromatic nitrogens is 4. The molecular formula is C23H30N6O. The van der Waals surface area contributed by atoms with Crippen molar-refractivity contribution in [3.05, 3.63) is 58.7 Å². The van der Waals surface area contributed by atoms with Crippen LogP contribution < -0.4 is 5.32 Å². The molecule has 0 saturated carbocycles. The number of fused-ring (bicyclic) bond motifs is 1. The van der Waals surface area contributed by atoms with Crippen molar-refractivity contribution in [2.75, 3.05) is 13.1 Å². The van der Waals surface area contributed by atoms with E-state index in [0.29, 0.717) is 25.2 Å². The maximum atomic E-state index is 12.6. The van der Waals surface area contributed by atoms with Crippen LogP contribution in [0.2, 0.25) is 0 Å². The van der Waals surface area contributed by atoms with Gasteiger partial charge in [0.05, 0.1) is 0 Å². The zero-order chi connectivity index (χ0) is 20.9. The second-order valence-corrected chi connectivity index (χ2v) is 8.12. The molecule has 1 aromatic carbocycles. The molecule has 1 aliphatic rings. The van der Waals surface area contributed by atoms with E-state index in [2.05, 4.69) is 43.5 Å². The van der Waals surface area contributed by atoms with Gasteiger partial charge in [0.1, 0.15) is 6.33 Å². The molecule has 1 aliphatic heterocycles. The fraction of sp³-hybridized carbons (Fsp3) is 0.478. The van der Waals surface area contributed by atoms with Crippen LogP contribution >= 0.6 is 0 Å². The molecule has 3 heterocycles. The Labute approximate surface area is 177 Å². The van der Waals surface area contributed by atoms with Crippen LogP contribution in [-0.4, -0.2) is 43.5 Å². The standard InChI is InChI=1S/C23H30N6O/c1-17-21(18(2)29-23(27-17)25-16-26-29)10-11-22(30)24-14-19-8-4-5-9-20(19)15-28-12-6-3-7-13-28/h4-5,8-9,16H,3,6-7,10-15H2,1-2H3,(H,24,30). The highest BCUT2D eigenvalue weighted by Gasteiger charge is 2.14. The molecular weight excluding hydrogens is 376 g/mol. The molecule has 158 valence electrons. The molecule has 0 unspecified atom stereocenters. The lowest BCUT2D eigenvalue weighted by molar-refractivity contribution is -0.121. The van der Waals surface area contributed by atoms with Gasteiger partial charge in [-0.15, -0.1) is 0 Å². The zero-order valence-electron chi connectivity index (χ0n) is 17.9. The SMILES string of the molecule is Cc1nc2ncnn2c(C)c1CCC(=O)NCc1ccccc1CN1CCCCC1. The highest BCUT2D eigenvalue weighted by Crippen LogP contribution is 2.17. The third kappa shape index (κ3) is 4.67. The number of rotatable bonds is 7. The average Bonchev–Trinajstić information content (AvgIpc) is 3.22. The van der Waals surface area contributed by atoms with Crippen molar-refractivity contribution in [1.82, 2.24) is 29.8 Å². The summed E-state index contributed by atoms with van der Waals surface area (Å²) in [5, 5.41) is 7.32. The van der Waals surface area contributed by atoms with Gasteiger partial charge in [0.2, 0.25) is 5.91 Å². The normalized spacial score (nSPS) is 14.9. The molecule has 7 nitrogen and oxygen atoms in total. The molecule has 30 heavy (non-hydrogen) atoms. The van der Waals surface area contributed by atoms with E-state index in [4.69, 9.17) is 0 Å². The van der Waals surface area contributed by atoms with Gasteiger partial charge >= 0.3 is 0 Å². The lowest BCUT2D eigenvalue weighted by atomic mass is 10.0. The van der Waals surface area contributed by atoms with E-state index < -0.39 is 0 Å². The third-order valence-corrected chi connectivity index (χ3v) is 6.03. The molecule has 4 rings (SSSR count). The van der Waals surface area contributed by atoms with Crippen molar-refractivity contribution in [2.45, 2.75) is 59.0 Å². The van der Waals surface area contributed by atoms with Crippen LogP contribution in [0.3, 0.4) is 0 Å². The van der Waals surface area contributed by atoms with E-state index in [1.807, 2.05) is 19.9 Å². The number of hydrogen-bond donors (Lipinski definition) is 1. The Hall–Kier alpha value is -2.80. The highest BCUT2D eigenvalue weighted by atomic mass is 16.1. The molecule has 0 radical (unpaired) electrons. The predicted molar refractivity (Wildman–Crippen MR) is 116 cm³/mol. The Morgan fingerprint density at radius 3 is 2.67 bits per heavy atom. The topological polar surface area (TPSA) is 75.4 Å². The lowest BCUT2D eigenvalue weighted by Crippen LogP contribution is -2.30. The fourth-order valence-corrected chi connectivity index (χ4v) is 4.28. The van der Waals surface area contributed by atoms with Crippen LogP contribution in [0, 0.1) is 13.8 Å². The van der Waals surface area contributed by atoms with Crippen molar-refractivity contribution >= 4 is 11.7 Å². The van der Waals surface area contributed by atoms with Crippen molar-refractivity contribution < 1.29 is 4.79 Å². The Kier molecular flexibility index (Phi) is 6.38. The molecule has 0 aliphatic carbocycles. The van der Waals surface area contributed by atoms with E-state index in [-0.39, 0.29) is 5.91 Å². The largest absolute Gasteiger partial charge is 0.352 e. The molecule has 3 aromatic rings. The van der Waals surface area contributed by atoms with Crippen LogP contribution in [0.25, 0.3) is 5.78 Å². The van der Waals surface area contributed by atoms with Gasteiger partial charge in [-0.1, -0.05) is 30.7 Å². The summed E-state index contributed by atoms with van der Waals surface area (Å²) in [4.78, 5) is 23.7. The fourth-order valence-electron chi connectivity index (χ4n) is 4.28. The van der Waals surface area contributed by atoms with E-state index in [9.17, 15) is 4.79 Å². The minimum absolute atomic E-state index is 0.0558. The number of amides is 1. The molecule has 0 bridgehead atoms. The number of carbonyl (C=O) groups excluding carboxylic acids is 1. The maximum Gasteiger partial charge on any atom is 0.252 e. The number of nitrogens with one attached hydrogen (secondary N) is 1. The number of hydrogen-bond acceptors (Lipinski definition) is 5. The summed E-state index contributed by atoms with van der Waals surface area (Å²) in [5.74, 6) is 0.656. The maximum absolute atomic E-state index is 12.6. The summed E-state index contributed by atoms with van der Waals surface area (Å²) in [6, 6.07) is 8.44. The van der Waals surface area contributed by atoms with Crippen molar-refractivity contribution in [1.29, 1.82) is 0 Å². The zero-order valence-corrected chi connectivity index (χ0v) is 17.9. The number of benzene rings is 1. The van der Waals surface area contributed by atoms with Crippen LogP contribution in [-0.2, 0) is 24.3 Å². The molecule has 1 amide bonds. The number of aryl methyl sites for hydroxylation is 2. The van der Waals surface area contributed by atoms with Gasteiger partial charge in [0.15, 0.2) is 0 Å². The quantitative estimate of drug-likeness (QED) is 0.653.